The number of hydrogen-bond acceptors (Lipinski definition) is 4. The molecule has 0 unspecified atom stereocenters. The fourth-order valence-electron chi connectivity index (χ4n) is 4.78. The van der Waals surface area contributed by atoms with Gasteiger partial charge in [-0.3, -0.25) is 4.79 Å². The van der Waals surface area contributed by atoms with Gasteiger partial charge in [0.2, 0.25) is 5.91 Å². The van der Waals surface area contributed by atoms with Crippen LogP contribution in [0.5, 0.6) is 17.2 Å². The molecule has 2 N–H and O–H groups in total. The van der Waals surface area contributed by atoms with Gasteiger partial charge in [0, 0.05) is 19.5 Å². The second-order valence-corrected chi connectivity index (χ2v) is 9.05. The highest BCUT2D eigenvalue weighted by Crippen LogP contribution is 2.34. The van der Waals surface area contributed by atoms with E-state index in [1.54, 1.807) is 24.3 Å². The van der Waals surface area contributed by atoms with Crippen molar-refractivity contribution in [1.29, 1.82) is 0 Å². The molecular formula is C30H29NO4. The van der Waals surface area contributed by atoms with Crippen LogP contribution in [0.15, 0.2) is 78.9 Å². The smallest absolute Gasteiger partial charge is 0.222 e. The second-order valence-electron chi connectivity index (χ2n) is 9.05. The fraction of sp³-hybridized carbons (Fsp3) is 0.233. The molecule has 1 saturated heterocycles. The molecule has 4 aromatic rings. The van der Waals surface area contributed by atoms with Gasteiger partial charge in [0.15, 0.2) is 0 Å². The number of hydrogen-bond donors (Lipinski definition) is 2. The monoisotopic (exact) mass is 467 g/mol. The van der Waals surface area contributed by atoms with E-state index in [4.69, 9.17) is 4.74 Å². The highest BCUT2D eigenvalue weighted by molar-refractivity contribution is 5.93. The molecule has 1 fully saturated rings. The zero-order valence-electron chi connectivity index (χ0n) is 19.6. The fourth-order valence-corrected chi connectivity index (χ4v) is 4.78. The molecule has 5 heteroatoms. The maximum absolute atomic E-state index is 11.7. The molecule has 0 bridgehead atoms. The van der Waals surface area contributed by atoms with E-state index < -0.39 is 0 Å². The van der Waals surface area contributed by atoms with E-state index in [2.05, 4.69) is 18.2 Å². The number of likely N-dealkylation sites (tertiary alicyclic amines) is 1. The number of rotatable bonds is 8. The van der Waals surface area contributed by atoms with Crippen LogP contribution < -0.4 is 4.74 Å². The minimum Gasteiger partial charge on any atom is -0.508 e. The van der Waals surface area contributed by atoms with Crippen molar-refractivity contribution in [1.82, 2.24) is 4.90 Å². The van der Waals surface area contributed by atoms with Crippen molar-refractivity contribution in [2.24, 2.45) is 0 Å². The van der Waals surface area contributed by atoms with Crippen LogP contribution in [0, 0.1) is 0 Å². The molecule has 0 saturated carbocycles. The molecule has 35 heavy (non-hydrogen) atoms. The van der Waals surface area contributed by atoms with Gasteiger partial charge in [-0.25, -0.2) is 0 Å². The SMILES string of the molecule is O=C1CCCN1CCCOc1ccc(Cc2c(-c3ccc(O)cc3)ccc3cc(O)ccc23)cc1. The normalized spacial score (nSPS) is 13.5. The van der Waals surface area contributed by atoms with Crippen LogP contribution >= 0.6 is 0 Å². The summed E-state index contributed by atoms with van der Waals surface area (Å²) >= 11 is 0. The predicted molar refractivity (Wildman–Crippen MR) is 138 cm³/mol. The number of fused-ring (bicyclic) bond motifs is 1. The van der Waals surface area contributed by atoms with E-state index in [0.717, 1.165) is 71.1 Å². The second kappa shape index (κ2) is 10.1. The van der Waals surface area contributed by atoms with Crippen LogP contribution in [-0.4, -0.2) is 40.7 Å². The van der Waals surface area contributed by atoms with Gasteiger partial charge < -0.3 is 19.8 Å². The predicted octanol–water partition coefficient (Wildman–Crippen LogP) is 5.90. The zero-order valence-corrected chi connectivity index (χ0v) is 19.6. The first-order valence-electron chi connectivity index (χ1n) is 12.1. The molecule has 0 atom stereocenters. The molecule has 0 spiro atoms. The minimum absolute atomic E-state index is 0.239. The van der Waals surface area contributed by atoms with Gasteiger partial charge in [-0.05, 0) is 88.7 Å². The van der Waals surface area contributed by atoms with Crippen LogP contribution in [0.1, 0.15) is 30.4 Å². The van der Waals surface area contributed by atoms with Crippen molar-refractivity contribution < 1.29 is 19.7 Å². The van der Waals surface area contributed by atoms with Crippen LogP contribution in [0.4, 0.5) is 0 Å². The lowest BCUT2D eigenvalue weighted by Gasteiger charge is -2.16. The third-order valence-electron chi connectivity index (χ3n) is 6.61. The first kappa shape index (κ1) is 22.8. The maximum Gasteiger partial charge on any atom is 0.222 e. The van der Waals surface area contributed by atoms with Gasteiger partial charge in [-0.2, -0.15) is 0 Å². The Morgan fingerprint density at radius 1 is 0.857 bits per heavy atom. The molecule has 1 aliphatic heterocycles. The zero-order chi connectivity index (χ0) is 24.2. The summed E-state index contributed by atoms with van der Waals surface area (Å²) in [5.41, 5.74) is 4.45. The van der Waals surface area contributed by atoms with E-state index in [9.17, 15) is 15.0 Å². The van der Waals surface area contributed by atoms with Crippen LogP contribution in [-0.2, 0) is 11.2 Å². The summed E-state index contributed by atoms with van der Waals surface area (Å²) in [6.07, 6.45) is 3.18. The number of benzene rings is 4. The summed E-state index contributed by atoms with van der Waals surface area (Å²) in [7, 11) is 0. The Morgan fingerprint density at radius 2 is 1.63 bits per heavy atom. The summed E-state index contributed by atoms with van der Waals surface area (Å²) in [6, 6.07) is 25.0. The van der Waals surface area contributed by atoms with Crippen LogP contribution in [0.2, 0.25) is 0 Å². The number of ether oxygens (including phenoxy) is 1. The topological polar surface area (TPSA) is 70.0 Å². The number of phenols is 2. The van der Waals surface area contributed by atoms with Gasteiger partial charge in [0.05, 0.1) is 6.61 Å². The van der Waals surface area contributed by atoms with Crippen molar-refractivity contribution in [2.45, 2.75) is 25.7 Å². The molecule has 4 aromatic carbocycles. The summed E-state index contributed by atoms with van der Waals surface area (Å²) < 4.78 is 5.90. The summed E-state index contributed by atoms with van der Waals surface area (Å²) in [6.45, 7) is 2.21. The lowest BCUT2D eigenvalue weighted by atomic mass is 9.90. The molecule has 178 valence electrons. The van der Waals surface area contributed by atoms with Gasteiger partial charge in [-0.15, -0.1) is 0 Å². The molecular weight excluding hydrogens is 438 g/mol. The van der Waals surface area contributed by atoms with E-state index in [1.165, 1.54) is 0 Å². The third-order valence-corrected chi connectivity index (χ3v) is 6.61. The van der Waals surface area contributed by atoms with Crippen LogP contribution in [0.3, 0.4) is 0 Å². The number of aromatic hydroxyl groups is 2. The Morgan fingerprint density at radius 3 is 2.37 bits per heavy atom. The van der Waals surface area contributed by atoms with Crippen molar-refractivity contribution in [2.75, 3.05) is 19.7 Å². The Hall–Kier alpha value is -3.99. The number of phenolic OH excluding ortho intramolecular Hbond substituents is 2. The largest absolute Gasteiger partial charge is 0.508 e. The van der Waals surface area contributed by atoms with Gasteiger partial charge in [-0.1, -0.05) is 42.5 Å². The Labute approximate surface area is 205 Å². The van der Waals surface area contributed by atoms with E-state index in [-0.39, 0.29) is 17.4 Å². The minimum atomic E-state index is 0.239. The highest BCUT2D eigenvalue weighted by Gasteiger charge is 2.19. The van der Waals surface area contributed by atoms with Crippen LogP contribution in [0.25, 0.3) is 21.9 Å². The van der Waals surface area contributed by atoms with Crippen molar-refractivity contribution in [3.63, 3.8) is 0 Å². The van der Waals surface area contributed by atoms with Gasteiger partial charge in [0.25, 0.3) is 0 Å². The standard InChI is InChI=1S/C30H29NO4/c32-24-9-6-22(7-10-24)27-14-8-23-20-25(33)11-15-28(23)29(27)19-21-4-12-26(13-5-21)35-18-2-17-31-16-1-3-30(31)34/h4-15,20,32-33H,1-3,16-19H2. The quantitative estimate of drug-likeness (QED) is 0.317. The average Bonchev–Trinajstić information content (AvgIpc) is 3.28. The Bertz CT molecular complexity index is 1330. The summed E-state index contributed by atoms with van der Waals surface area (Å²) in [4.78, 5) is 13.6. The number of amides is 1. The van der Waals surface area contributed by atoms with E-state index in [1.807, 2.05) is 41.3 Å². The number of nitrogens with zero attached hydrogens (tertiary/aromatic N) is 1. The molecule has 0 aromatic heterocycles. The molecule has 1 aliphatic rings. The van der Waals surface area contributed by atoms with Gasteiger partial charge >= 0.3 is 0 Å². The number of carbonyl (C=O) groups excluding carboxylic acids is 1. The van der Waals surface area contributed by atoms with E-state index >= 15 is 0 Å². The van der Waals surface area contributed by atoms with E-state index in [0.29, 0.717) is 13.0 Å². The third kappa shape index (κ3) is 5.24. The van der Waals surface area contributed by atoms with Crippen molar-refractivity contribution in [3.8, 4) is 28.4 Å². The summed E-state index contributed by atoms with van der Waals surface area (Å²) in [5, 5.41) is 21.8. The first-order chi connectivity index (χ1) is 17.1. The highest BCUT2D eigenvalue weighted by atomic mass is 16.5. The maximum atomic E-state index is 11.7. The Kier molecular flexibility index (Phi) is 6.57. The molecule has 0 aliphatic carbocycles. The lowest BCUT2D eigenvalue weighted by molar-refractivity contribution is -0.127. The molecule has 0 radical (unpaired) electrons. The molecule has 5 rings (SSSR count). The molecule has 5 nitrogen and oxygen atoms in total. The molecule has 1 heterocycles. The summed E-state index contributed by atoms with van der Waals surface area (Å²) in [5.74, 6) is 1.56. The van der Waals surface area contributed by atoms with Gasteiger partial charge in [0.1, 0.15) is 17.2 Å². The molecule has 1 amide bonds. The Balaban J connectivity index is 1.33. The van der Waals surface area contributed by atoms with Crippen molar-refractivity contribution >= 4 is 16.7 Å². The van der Waals surface area contributed by atoms with Crippen molar-refractivity contribution in [3.05, 3.63) is 90.0 Å². The lowest BCUT2D eigenvalue weighted by Crippen LogP contribution is -2.26. The number of carbonyl (C=O) groups is 1. The first-order valence-corrected chi connectivity index (χ1v) is 12.1. The average molecular weight is 468 g/mol.